The van der Waals surface area contributed by atoms with Crippen LogP contribution in [0.15, 0.2) is 29.4 Å². The molecule has 0 spiro atoms. The van der Waals surface area contributed by atoms with Gasteiger partial charge in [0.25, 0.3) is 5.91 Å². The van der Waals surface area contributed by atoms with Crippen molar-refractivity contribution in [2.75, 3.05) is 19.7 Å². The Bertz CT molecular complexity index is 441. The first kappa shape index (κ1) is 13.9. The molecule has 0 saturated carbocycles. The molecule has 0 fully saturated rings. The maximum atomic E-state index is 11.9. The molecule has 1 amide bonds. The number of amides is 1. The lowest BCUT2D eigenvalue weighted by molar-refractivity contribution is 0.0949. The van der Waals surface area contributed by atoms with E-state index in [1.54, 1.807) is 18.2 Å². The van der Waals surface area contributed by atoms with Crippen LogP contribution in [0.1, 0.15) is 23.7 Å². The van der Waals surface area contributed by atoms with Gasteiger partial charge in [-0.2, -0.15) is 0 Å². The molecule has 0 atom stereocenters. The summed E-state index contributed by atoms with van der Waals surface area (Å²) < 4.78 is 5.38. The van der Waals surface area contributed by atoms with Crippen molar-refractivity contribution in [1.82, 2.24) is 5.32 Å². The van der Waals surface area contributed by atoms with E-state index in [0.29, 0.717) is 37.4 Å². The summed E-state index contributed by atoms with van der Waals surface area (Å²) in [5.41, 5.74) is 8.62. The van der Waals surface area contributed by atoms with Crippen molar-refractivity contribution in [1.29, 1.82) is 0 Å². The third kappa shape index (κ3) is 4.35. The Hall–Kier alpha value is -2.20. The Morgan fingerprint density at radius 1 is 1.50 bits per heavy atom. The molecule has 1 aromatic carbocycles. The van der Waals surface area contributed by atoms with Gasteiger partial charge in [-0.25, -0.2) is 0 Å². The maximum Gasteiger partial charge on any atom is 0.255 e. The number of rotatable bonds is 7. The topological polar surface area (TPSA) is 87.1 Å². The minimum atomic E-state index is -0.181. The Morgan fingerprint density at radius 2 is 2.28 bits per heavy atom. The summed E-state index contributed by atoms with van der Waals surface area (Å²) in [5, 5.41) is 6.15. The van der Waals surface area contributed by atoms with E-state index in [-0.39, 0.29) is 5.91 Å². The van der Waals surface area contributed by atoms with Crippen molar-refractivity contribution in [3.8, 4) is 5.75 Å². The molecule has 1 rings (SSSR count). The number of ether oxygens (including phenoxy) is 1. The van der Waals surface area contributed by atoms with E-state index in [0.717, 1.165) is 0 Å². The highest BCUT2D eigenvalue weighted by molar-refractivity contribution is 5.96. The van der Waals surface area contributed by atoms with E-state index in [4.69, 9.17) is 10.3 Å². The summed E-state index contributed by atoms with van der Waals surface area (Å²) >= 11 is 0. The van der Waals surface area contributed by atoms with Gasteiger partial charge in [0, 0.05) is 18.0 Å². The number of carbonyl (C=O) groups excluding carboxylic acids is 1. The highest BCUT2D eigenvalue weighted by atomic mass is 16.5. The largest absolute Gasteiger partial charge is 0.493 e. The third-order valence-electron chi connectivity index (χ3n) is 2.22. The maximum absolute atomic E-state index is 11.9. The van der Waals surface area contributed by atoms with Gasteiger partial charge >= 0.3 is 0 Å². The molecule has 0 aliphatic heterocycles. The molecule has 0 unspecified atom stereocenters. The molecule has 0 heterocycles. The average Bonchev–Trinajstić information content (AvgIpc) is 2.39. The number of benzene rings is 1. The van der Waals surface area contributed by atoms with Gasteiger partial charge in [-0.05, 0) is 31.0 Å². The molecule has 6 heteroatoms. The molecule has 0 bridgehead atoms. The molecule has 0 saturated heterocycles. The quantitative estimate of drug-likeness (QED) is 0.348. The van der Waals surface area contributed by atoms with Gasteiger partial charge in [-0.1, -0.05) is 17.2 Å². The number of para-hydroxylation sites is 1. The standard InChI is InChI=1S/C12H16N4O2/c1-2-18-11-7-4-3-6-10(11)12(17)14-8-5-9-15-16-13/h3-4,6-7H,2,5,8-9H2,1H3,(H,14,17). The van der Waals surface area contributed by atoms with Crippen LogP contribution in [0.25, 0.3) is 10.4 Å². The number of nitrogens with zero attached hydrogens (tertiary/aromatic N) is 3. The van der Waals surface area contributed by atoms with Crippen molar-refractivity contribution >= 4 is 5.91 Å². The van der Waals surface area contributed by atoms with Crippen molar-refractivity contribution in [2.45, 2.75) is 13.3 Å². The van der Waals surface area contributed by atoms with Crippen LogP contribution >= 0.6 is 0 Å². The van der Waals surface area contributed by atoms with Crippen LogP contribution in [0.5, 0.6) is 5.75 Å². The summed E-state index contributed by atoms with van der Waals surface area (Å²) in [4.78, 5) is 14.5. The number of hydrogen-bond acceptors (Lipinski definition) is 3. The minimum Gasteiger partial charge on any atom is -0.493 e. The SMILES string of the molecule is CCOc1ccccc1C(=O)NCCCN=[N+]=[N-]. The predicted molar refractivity (Wildman–Crippen MR) is 68.6 cm³/mol. The van der Waals surface area contributed by atoms with Crippen molar-refractivity contribution in [2.24, 2.45) is 5.11 Å². The van der Waals surface area contributed by atoms with E-state index in [1.165, 1.54) is 0 Å². The van der Waals surface area contributed by atoms with Crippen molar-refractivity contribution in [3.63, 3.8) is 0 Å². The van der Waals surface area contributed by atoms with E-state index < -0.39 is 0 Å². The molecule has 6 nitrogen and oxygen atoms in total. The number of carbonyl (C=O) groups is 1. The fourth-order valence-electron chi connectivity index (χ4n) is 1.43. The Labute approximate surface area is 106 Å². The zero-order chi connectivity index (χ0) is 13.2. The lowest BCUT2D eigenvalue weighted by Gasteiger charge is -2.09. The highest BCUT2D eigenvalue weighted by Crippen LogP contribution is 2.17. The van der Waals surface area contributed by atoms with Crippen LogP contribution in [0.4, 0.5) is 0 Å². The molecule has 0 aromatic heterocycles. The van der Waals surface area contributed by atoms with E-state index in [2.05, 4.69) is 15.3 Å². The van der Waals surface area contributed by atoms with Crippen molar-refractivity contribution < 1.29 is 9.53 Å². The Morgan fingerprint density at radius 3 is 3.00 bits per heavy atom. The molecule has 0 radical (unpaired) electrons. The molecule has 96 valence electrons. The fourth-order valence-corrected chi connectivity index (χ4v) is 1.43. The monoisotopic (exact) mass is 248 g/mol. The second-order valence-electron chi connectivity index (χ2n) is 3.49. The van der Waals surface area contributed by atoms with Gasteiger partial charge in [0.05, 0.1) is 12.2 Å². The summed E-state index contributed by atoms with van der Waals surface area (Å²) in [5.74, 6) is 0.396. The zero-order valence-corrected chi connectivity index (χ0v) is 10.3. The van der Waals surface area contributed by atoms with Gasteiger partial charge in [-0.3, -0.25) is 4.79 Å². The second-order valence-corrected chi connectivity index (χ2v) is 3.49. The van der Waals surface area contributed by atoms with E-state index in [1.807, 2.05) is 13.0 Å². The summed E-state index contributed by atoms with van der Waals surface area (Å²) in [7, 11) is 0. The van der Waals surface area contributed by atoms with Gasteiger partial charge in [0.1, 0.15) is 5.75 Å². The van der Waals surface area contributed by atoms with Crippen LogP contribution in [-0.4, -0.2) is 25.6 Å². The smallest absolute Gasteiger partial charge is 0.255 e. The normalized spacial score (nSPS) is 9.39. The molecule has 0 aliphatic carbocycles. The Balaban J connectivity index is 2.52. The summed E-state index contributed by atoms with van der Waals surface area (Å²) in [6.45, 7) is 3.23. The van der Waals surface area contributed by atoms with Crippen LogP contribution in [0.3, 0.4) is 0 Å². The number of azide groups is 1. The van der Waals surface area contributed by atoms with Crippen LogP contribution in [0, 0.1) is 0 Å². The molecule has 1 N–H and O–H groups in total. The van der Waals surface area contributed by atoms with E-state index in [9.17, 15) is 4.79 Å². The molecular weight excluding hydrogens is 232 g/mol. The fraction of sp³-hybridized carbons (Fsp3) is 0.417. The third-order valence-corrected chi connectivity index (χ3v) is 2.22. The van der Waals surface area contributed by atoms with Crippen LogP contribution < -0.4 is 10.1 Å². The molecule has 1 aromatic rings. The van der Waals surface area contributed by atoms with Crippen LogP contribution in [0.2, 0.25) is 0 Å². The predicted octanol–water partition coefficient (Wildman–Crippen LogP) is 2.52. The first-order chi connectivity index (χ1) is 8.79. The van der Waals surface area contributed by atoms with Gasteiger partial charge in [0.2, 0.25) is 0 Å². The molecular formula is C12H16N4O2. The van der Waals surface area contributed by atoms with Crippen LogP contribution in [-0.2, 0) is 0 Å². The first-order valence-corrected chi connectivity index (χ1v) is 5.80. The average molecular weight is 248 g/mol. The molecule has 18 heavy (non-hydrogen) atoms. The second kappa shape index (κ2) is 7.97. The molecule has 0 aliphatic rings. The van der Waals surface area contributed by atoms with Crippen molar-refractivity contribution in [3.05, 3.63) is 40.3 Å². The van der Waals surface area contributed by atoms with Gasteiger partial charge in [0.15, 0.2) is 0 Å². The van der Waals surface area contributed by atoms with Gasteiger partial charge in [-0.15, -0.1) is 0 Å². The number of hydrogen-bond donors (Lipinski definition) is 1. The summed E-state index contributed by atoms with van der Waals surface area (Å²) in [6.07, 6.45) is 0.618. The first-order valence-electron chi connectivity index (χ1n) is 5.80. The number of nitrogens with one attached hydrogen (secondary N) is 1. The van der Waals surface area contributed by atoms with E-state index >= 15 is 0 Å². The Kier molecular flexibility index (Phi) is 6.14. The summed E-state index contributed by atoms with van der Waals surface area (Å²) in [6, 6.07) is 7.09. The minimum absolute atomic E-state index is 0.181. The van der Waals surface area contributed by atoms with Gasteiger partial charge < -0.3 is 10.1 Å². The highest BCUT2D eigenvalue weighted by Gasteiger charge is 2.10. The lowest BCUT2D eigenvalue weighted by Crippen LogP contribution is -2.25. The zero-order valence-electron chi connectivity index (χ0n) is 10.3. The lowest BCUT2D eigenvalue weighted by atomic mass is 10.2.